The van der Waals surface area contributed by atoms with Crippen LogP contribution in [0.25, 0.3) is 16.9 Å². The smallest absolute Gasteiger partial charge is 0.334 e. The van der Waals surface area contributed by atoms with Crippen LogP contribution < -0.4 is 26.0 Å². The van der Waals surface area contributed by atoms with Gasteiger partial charge in [0.05, 0.1) is 35.2 Å². The van der Waals surface area contributed by atoms with Gasteiger partial charge in [-0.05, 0) is 51.4 Å². The summed E-state index contributed by atoms with van der Waals surface area (Å²) in [6, 6.07) is 9.34. The van der Waals surface area contributed by atoms with Crippen molar-refractivity contribution in [2.24, 2.45) is 0 Å². The molecule has 0 saturated heterocycles. The minimum Gasteiger partial charge on any atom is -0.494 e. The number of methoxy groups -OCH3 is 1. The highest BCUT2D eigenvalue weighted by atomic mass is 19.1. The molecule has 1 amide bonds. The van der Waals surface area contributed by atoms with E-state index in [-0.39, 0.29) is 17.5 Å². The standard InChI is InChI=1S/C28H33FN8O3/c1-7-26(38)31-19-16-20(24(40-6)17-22(19)35(5)14-13-34(3)4)32-27-30-12-11-25(33-27)37-21-10-9-18(29)15-23(21)36(8-2)28(37)39/h7,9-12,15-17H,1,8,13-14H2,2-6H3,(H,31,38)(H,30,32,33). The molecule has 210 valence electrons. The molecule has 0 radical (unpaired) electrons. The van der Waals surface area contributed by atoms with Gasteiger partial charge in [0.25, 0.3) is 0 Å². The van der Waals surface area contributed by atoms with Crippen molar-refractivity contribution in [3.63, 3.8) is 0 Å². The predicted molar refractivity (Wildman–Crippen MR) is 156 cm³/mol. The van der Waals surface area contributed by atoms with Gasteiger partial charge in [0.15, 0.2) is 0 Å². The van der Waals surface area contributed by atoms with Gasteiger partial charge in [-0.25, -0.2) is 18.7 Å². The van der Waals surface area contributed by atoms with Gasteiger partial charge >= 0.3 is 5.69 Å². The number of fused-ring (bicyclic) bond motifs is 1. The first-order valence-electron chi connectivity index (χ1n) is 12.7. The highest BCUT2D eigenvalue weighted by Crippen LogP contribution is 2.38. The first-order chi connectivity index (χ1) is 19.2. The Kier molecular flexibility index (Phi) is 8.49. The van der Waals surface area contributed by atoms with E-state index >= 15 is 0 Å². The van der Waals surface area contributed by atoms with Crippen LogP contribution in [0.4, 0.5) is 27.4 Å². The molecule has 4 rings (SSSR count). The number of carbonyl (C=O) groups excluding carboxylic acids is 1. The molecule has 0 unspecified atom stereocenters. The van der Waals surface area contributed by atoms with Crippen molar-refractivity contribution < 1.29 is 13.9 Å². The Balaban J connectivity index is 1.76. The maximum absolute atomic E-state index is 14.0. The lowest BCUT2D eigenvalue weighted by Crippen LogP contribution is -2.29. The molecule has 4 aromatic rings. The predicted octanol–water partition coefficient (Wildman–Crippen LogP) is 3.62. The number of ether oxygens (including phenoxy) is 1. The molecule has 2 heterocycles. The van der Waals surface area contributed by atoms with E-state index in [0.717, 1.165) is 12.2 Å². The number of hydrogen-bond donors (Lipinski definition) is 2. The number of anilines is 4. The van der Waals surface area contributed by atoms with E-state index in [1.807, 2.05) is 39.0 Å². The Bertz CT molecular complexity index is 1610. The summed E-state index contributed by atoms with van der Waals surface area (Å²) < 4.78 is 22.5. The SMILES string of the molecule is C=CC(=O)Nc1cc(Nc2nccc(-n3c(=O)n(CC)c4cc(F)ccc43)n2)c(OC)cc1N(C)CCN(C)C. The van der Waals surface area contributed by atoms with Crippen LogP contribution in [0.5, 0.6) is 5.75 Å². The third-order valence-corrected chi connectivity index (χ3v) is 6.38. The molecule has 2 aromatic carbocycles. The molecule has 2 N–H and O–H groups in total. The second kappa shape index (κ2) is 12.0. The molecule has 0 aliphatic carbocycles. The van der Waals surface area contributed by atoms with E-state index in [9.17, 15) is 14.0 Å². The van der Waals surface area contributed by atoms with Crippen LogP contribution in [0, 0.1) is 5.82 Å². The number of aromatic nitrogens is 4. The molecule has 40 heavy (non-hydrogen) atoms. The summed E-state index contributed by atoms with van der Waals surface area (Å²) in [5, 5.41) is 6.00. The van der Waals surface area contributed by atoms with Crippen LogP contribution in [0.3, 0.4) is 0 Å². The number of imidazole rings is 1. The van der Waals surface area contributed by atoms with Gasteiger partial charge in [0, 0.05) is 45.0 Å². The van der Waals surface area contributed by atoms with E-state index in [1.54, 1.807) is 25.3 Å². The van der Waals surface area contributed by atoms with Crippen LogP contribution in [0.2, 0.25) is 0 Å². The van der Waals surface area contributed by atoms with E-state index in [2.05, 4.69) is 32.1 Å². The molecule has 2 aromatic heterocycles. The Morgan fingerprint density at radius 2 is 1.90 bits per heavy atom. The van der Waals surface area contributed by atoms with Gasteiger partial charge < -0.3 is 25.2 Å². The fraction of sp³-hybridized carbons (Fsp3) is 0.286. The molecular weight excluding hydrogens is 515 g/mol. The maximum atomic E-state index is 14.0. The lowest BCUT2D eigenvalue weighted by atomic mass is 10.2. The quantitative estimate of drug-likeness (QED) is 0.274. The van der Waals surface area contributed by atoms with Crippen molar-refractivity contribution in [2.45, 2.75) is 13.5 Å². The minimum absolute atomic E-state index is 0.192. The third-order valence-electron chi connectivity index (χ3n) is 6.38. The van der Waals surface area contributed by atoms with Gasteiger partial charge in [0.2, 0.25) is 11.9 Å². The lowest BCUT2D eigenvalue weighted by molar-refractivity contribution is -0.111. The Morgan fingerprint density at radius 1 is 1.12 bits per heavy atom. The number of hydrogen-bond acceptors (Lipinski definition) is 8. The van der Waals surface area contributed by atoms with Crippen molar-refractivity contribution >= 4 is 40.0 Å². The van der Waals surface area contributed by atoms with E-state index in [4.69, 9.17) is 4.74 Å². The number of likely N-dealkylation sites (N-methyl/N-ethyl adjacent to an activating group) is 2. The number of carbonyl (C=O) groups is 1. The Labute approximate surface area is 231 Å². The van der Waals surface area contributed by atoms with Gasteiger partial charge in [-0.1, -0.05) is 6.58 Å². The number of nitrogens with one attached hydrogen (secondary N) is 2. The van der Waals surface area contributed by atoms with E-state index < -0.39 is 5.82 Å². The molecule has 0 fully saturated rings. The Morgan fingerprint density at radius 3 is 2.58 bits per heavy atom. The van der Waals surface area contributed by atoms with Crippen molar-refractivity contribution in [3.8, 4) is 11.6 Å². The average molecular weight is 549 g/mol. The molecule has 0 bridgehead atoms. The number of aryl methyl sites for hydroxylation is 1. The fourth-order valence-electron chi connectivity index (χ4n) is 4.32. The molecule has 11 nitrogen and oxygen atoms in total. The van der Waals surface area contributed by atoms with Crippen molar-refractivity contribution in [1.82, 2.24) is 24.0 Å². The zero-order valence-corrected chi connectivity index (χ0v) is 23.2. The average Bonchev–Trinajstić information content (AvgIpc) is 3.21. The van der Waals surface area contributed by atoms with Gasteiger partial charge in [-0.15, -0.1) is 0 Å². The number of nitrogens with zero attached hydrogens (tertiary/aromatic N) is 6. The number of benzene rings is 2. The highest BCUT2D eigenvalue weighted by Gasteiger charge is 2.18. The van der Waals surface area contributed by atoms with Crippen LogP contribution in [0.1, 0.15) is 6.92 Å². The molecule has 12 heteroatoms. The topological polar surface area (TPSA) is 110 Å². The minimum atomic E-state index is -0.431. The molecule has 0 aliphatic rings. The molecular formula is C28H33FN8O3. The normalized spacial score (nSPS) is 11.1. The summed E-state index contributed by atoms with van der Waals surface area (Å²) in [6.45, 7) is 7.24. The molecule has 0 spiro atoms. The van der Waals surface area contributed by atoms with E-state index in [0.29, 0.717) is 47.1 Å². The second-order valence-electron chi connectivity index (χ2n) is 9.35. The Hall–Kier alpha value is -4.71. The fourth-order valence-corrected chi connectivity index (χ4v) is 4.32. The van der Waals surface area contributed by atoms with Crippen LogP contribution >= 0.6 is 0 Å². The van der Waals surface area contributed by atoms with Gasteiger partial charge in [0.1, 0.15) is 17.4 Å². The monoisotopic (exact) mass is 548 g/mol. The van der Waals surface area contributed by atoms with Crippen LogP contribution in [-0.4, -0.2) is 71.3 Å². The lowest BCUT2D eigenvalue weighted by Gasteiger charge is -2.26. The summed E-state index contributed by atoms with van der Waals surface area (Å²) in [4.78, 5) is 38.4. The summed E-state index contributed by atoms with van der Waals surface area (Å²) in [7, 11) is 7.45. The van der Waals surface area contributed by atoms with Gasteiger partial charge in [-0.2, -0.15) is 4.98 Å². The summed E-state index contributed by atoms with van der Waals surface area (Å²) in [5.74, 6) is 0.203. The first kappa shape index (κ1) is 28.3. The highest BCUT2D eigenvalue weighted by molar-refractivity contribution is 6.02. The molecule has 0 atom stereocenters. The molecule has 0 saturated carbocycles. The maximum Gasteiger partial charge on any atom is 0.334 e. The van der Waals surface area contributed by atoms with Crippen LogP contribution in [0.15, 0.2) is 60.0 Å². The molecule has 0 aliphatic heterocycles. The van der Waals surface area contributed by atoms with Crippen LogP contribution in [-0.2, 0) is 11.3 Å². The summed E-state index contributed by atoms with van der Waals surface area (Å²) >= 11 is 0. The third kappa shape index (κ3) is 5.81. The van der Waals surface area contributed by atoms with Crippen molar-refractivity contribution in [3.05, 3.63) is 71.6 Å². The van der Waals surface area contributed by atoms with Crippen molar-refractivity contribution in [2.75, 3.05) is 56.9 Å². The summed E-state index contributed by atoms with van der Waals surface area (Å²) in [6.07, 6.45) is 2.72. The van der Waals surface area contributed by atoms with Crippen molar-refractivity contribution in [1.29, 1.82) is 0 Å². The zero-order chi connectivity index (χ0) is 29.0. The number of halogens is 1. The number of rotatable bonds is 11. The van der Waals surface area contributed by atoms with E-state index in [1.165, 1.54) is 33.5 Å². The van der Waals surface area contributed by atoms with Gasteiger partial charge in [-0.3, -0.25) is 9.36 Å². The second-order valence-corrected chi connectivity index (χ2v) is 9.35. The zero-order valence-electron chi connectivity index (χ0n) is 23.2. The summed E-state index contributed by atoms with van der Waals surface area (Å²) in [5.41, 5.74) is 2.43. The first-order valence-corrected chi connectivity index (χ1v) is 12.7. The number of amides is 1. The largest absolute Gasteiger partial charge is 0.494 e.